The highest BCUT2D eigenvalue weighted by atomic mass is 79.9. The Morgan fingerprint density at radius 3 is 2.71 bits per heavy atom. The van der Waals surface area contributed by atoms with E-state index in [0.29, 0.717) is 16.0 Å². The zero-order chi connectivity index (χ0) is 15.5. The van der Waals surface area contributed by atoms with E-state index >= 15 is 0 Å². The zero-order valence-corrected chi connectivity index (χ0v) is 12.2. The molecule has 2 aromatic rings. The average Bonchev–Trinajstić information content (AvgIpc) is 2.39. The van der Waals surface area contributed by atoms with Crippen LogP contribution in [-0.4, -0.2) is 23.4 Å². The molecule has 21 heavy (non-hydrogen) atoms. The molecule has 1 aromatic heterocycles. The van der Waals surface area contributed by atoms with Gasteiger partial charge in [-0.15, -0.1) is 13.2 Å². The third kappa shape index (κ3) is 4.48. The van der Waals surface area contributed by atoms with Gasteiger partial charge in [0.25, 0.3) is 0 Å². The highest BCUT2D eigenvalue weighted by Crippen LogP contribution is 2.27. The number of halogens is 4. The summed E-state index contributed by atoms with van der Waals surface area (Å²) in [5.41, 5.74) is 0.348. The van der Waals surface area contributed by atoms with Crippen LogP contribution in [0.25, 0.3) is 0 Å². The smallest absolute Gasteiger partial charge is 0.480 e. The summed E-state index contributed by atoms with van der Waals surface area (Å²) in [7, 11) is 1.44. The van der Waals surface area contributed by atoms with Crippen molar-refractivity contribution in [3.05, 3.63) is 34.9 Å². The SMILES string of the molecule is COc1nc(Nc2cccc(OC(F)(F)F)c2)ncc1Br. The molecule has 1 heterocycles. The van der Waals surface area contributed by atoms with Gasteiger partial charge < -0.3 is 14.8 Å². The Hall–Kier alpha value is -2.03. The molecule has 0 aliphatic rings. The van der Waals surface area contributed by atoms with E-state index in [1.165, 1.54) is 31.5 Å². The molecule has 0 bridgehead atoms. The summed E-state index contributed by atoms with van der Waals surface area (Å²) < 4.78 is 45.9. The number of aromatic nitrogens is 2. The quantitative estimate of drug-likeness (QED) is 0.892. The van der Waals surface area contributed by atoms with Crippen molar-refractivity contribution in [3.63, 3.8) is 0 Å². The van der Waals surface area contributed by atoms with Crippen molar-refractivity contribution in [1.29, 1.82) is 0 Å². The largest absolute Gasteiger partial charge is 0.573 e. The van der Waals surface area contributed by atoms with E-state index in [9.17, 15) is 13.2 Å². The van der Waals surface area contributed by atoms with Gasteiger partial charge in [-0.1, -0.05) is 6.07 Å². The minimum atomic E-state index is -4.74. The van der Waals surface area contributed by atoms with Crippen LogP contribution in [0.4, 0.5) is 24.8 Å². The van der Waals surface area contributed by atoms with Gasteiger partial charge >= 0.3 is 6.36 Å². The van der Waals surface area contributed by atoms with E-state index in [-0.39, 0.29) is 11.7 Å². The number of anilines is 2. The van der Waals surface area contributed by atoms with E-state index in [0.717, 1.165) is 0 Å². The van der Waals surface area contributed by atoms with Crippen molar-refractivity contribution in [2.75, 3.05) is 12.4 Å². The molecule has 0 saturated carbocycles. The number of rotatable bonds is 4. The number of alkyl halides is 3. The Morgan fingerprint density at radius 2 is 2.05 bits per heavy atom. The molecule has 2 rings (SSSR count). The van der Waals surface area contributed by atoms with Crippen LogP contribution in [0.1, 0.15) is 0 Å². The van der Waals surface area contributed by atoms with Gasteiger partial charge in [0.15, 0.2) is 0 Å². The zero-order valence-electron chi connectivity index (χ0n) is 10.6. The van der Waals surface area contributed by atoms with Gasteiger partial charge in [0.1, 0.15) is 5.75 Å². The van der Waals surface area contributed by atoms with Crippen molar-refractivity contribution >= 4 is 27.6 Å². The van der Waals surface area contributed by atoms with Crippen LogP contribution < -0.4 is 14.8 Å². The average molecular weight is 364 g/mol. The Morgan fingerprint density at radius 1 is 1.29 bits per heavy atom. The third-order valence-corrected chi connectivity index (χ3v) is 2.77. The molecule has 0 amide bonds. The van der Waals surface area contributed by atoms with Crippen LogP contribution in [-0.2, 0) is 0 Å². The van der Waals surface area contributed by atoms with Gasteiger partial charge in [0.05, 0.1) is 17.8 Å². The minimum absolute atomic E-state index is 0.180. The topological polar surface area (TPSA) is 56.3 Å². The molecule has 0 atom stereocenters. The standard InChI is InChI=1S/C12H9BrF3N3O2/c1-20-10-9(13)6-17-11(19-10)18-7-3-2-4-8(5-7)21-12(14,15)16/h2-6H,1H3,(H,17,18,19). The summed E-state index contributed by atoms with van der Waals surface area (Å²) in [6.45, 7) is 0. The molecule has 1 aromatic carbocycles. The maximum absolute atomic E-state index is 12.2. The highest BCUT2D eigenvalue weighted by molar-refractivity contribution is 9.10. The van der Waals surface area contributed by atoms with Gasteiger partial charge in [-0.05, 0) is 28.1 Å². The first-order chi connectivity index (χ1) is 9.87. The molecule has 112 valence electrons. The Balaban J connectivity index is 2.18. The number of hydrogen-bond acceptors (Lipinski definition) is 5. The fourth-order valence-corrected chi connectivity index (χ4v) is 1.81. The molecular formula is C12H9BrF3N3O2. The van der Waals surface area contributed by atoms with Gasteiger partial charge in [0.2, 0.25) is 11.8 Å². The number of methoxy groups -OCH3 is 1. The molecular weight excluding hydrogens is 355 g/mol. The summed E-state index contributed by atoms with van der Waals surface area (Å²) in [5.74, 6) is 0.144. The number of nitrogens with one attached hydrogen (secondary N) is 1. The molecule has 0 radical (unpaired) electrons. The van der Waals surface area contributed by atoms with E-state index in [2.05, 4.69) is 36.0 Å². The normalized spacial score (nSPS) is 11.1. The number of ether oxygens (including phenoxy) is 2. The predicted molar refractivity (Wildman–Crippen MR) is 72.7 cm³/mol. The van der Waals surface area contributed by atoms with Crippen molar-refractivity contribution in [2.24, 2.45) is 0 Å². The molecule has 0 saturated heterocycles. The second-order valence-corrected chi connectivity index (χ2v) is 4.61. The molecule has 0 fully saturated rings. The molecule has 0 spiro atoms. The second kappa shape index (κ2) is 6.17. The van der Waals surface area contributed by atoms with E-state index in [1.807, 2.05) is 0 Å². The van der Waals surface area contributed by atoms with Crippen LogP contribution in [0.5, 0.6) is 11.6 Å². The number of benzene rings is 1. The summed E-state index contributed by atoms with van der Waals surface area (Å²) in [6.07, 6.45) is -3.28. The first kappa shape index (κ1) is 15.4. The van der Waals surface area contributed by atoms with E-state index in [4.69, 9.17) is 4.74 Å². The van der Waals surface area contributed by atoms with Crippen molar-refractivity contribution in [1.82, 2.24) is 9.97 Å². The monoisotopic (exact) mass is 363 g/mol. The number of hydrogen-bond donors (Lipinski definition) is 1. The molecule has 5 nitrogen and oxygen atoms in total. The van der Waals surface area contributed by atoms with Gasteiger partial charge in [-0.2, -0.15) is 4.98 Å². The van der Waals surface area contributed by atoms with E-state index < -0.39 is 6.36 Å². The molecule has 1 N–H and O–H groups in total. The lowest BCUT2D eigenvalue weighted by atomic mass is 10.3. The summed E-state index contributed by atoms with van der Waals surface area (Å²) in [5, 5.41) is 2.76. The van der Waals surface area contributed by atoms with Crippen LogP contribution in [0.15, 0.2) is 34.9 Å². The third-order valence-electron chi connectivity index (χ3n) is 2.23. The Labute approximate surface area is 126 Å². The van der Waals surface area contributed by atoms with E-state index in [1.54, 1.807) is 6.07 Å². The lowest BCUT2D eigenvalue weighted by Crippen LogP contribution is -2.17. The van der Waals surface area contributed by atoms with Crippen LogP contribution in [0.3, 0.4) is 0 Å². The second-order valence-electron chi connectivity index (χ2n) is 3.75. The van der Waals surface area contributed by atoms with Crippen molar-refractivity contribution in [2.45, 2.75) is 6.36 Å². The van der Waals surface area contributed by atoms with Crippen LogP contribution >= 0.6 is 15.9 Å². The lowest BCUT2D eigenvalue weighted by molar-refractivity contribution is -0.274. The molecule has 9 heteroatoms. The molecule has 0 aliphatic heterocycles. The summed E-state index contributed by atoms with van der Waals surface area (Å²) in [6, 6.07) is 5.35. The van der Waals surface area contributed by atoms with Crippen LogP contribution in [0, 0.1) is 0 Å². The van der Waals surface area contributed by atoms with Crippen LogP contribution in [0.2, 0.25) is 0 Å². The van der Waals surface area contributed by atoms with Gasteiger partial charge in [0, 0.05) is 11.8 Å². The number of nitrogens with zero attached hydrogens (tertiary/aromatic N) is 2. The van der Waals surface area contributed by atoms with Crippen molar-refractivity contribution in [3.8, 4) is 11.6 Å². The highest BCUT2D eigenvalue weighted by Gasteiger charge is 2.31. The van der Waals surface area contributed by atoms with Gasteiger partial charge in [-0.3, -0.25) is 0 Å². The lowest BCUT2D eigenvalue weighted by Gasteiger charge is -2.11. The fourth-order valence-electron chi connectivity index (χ4n) is 1.45. The molecule has 0 unspecified atom stereocenters. The fraction of sp³-hybridized carbons (Fsp3) is 0.167. The Bertz CT molecular complexity index is 637. The maximum Gasteiger partial charge on any atom is 0.573 e. The first-order valence-electron chi connectivity index (χ1n) is 5.57. The first-order valence-corrected chi connectivity index (χ1v) is 6.36. The summed E-state index contributed by atoms with van der Waals surface area (Å²) in [4.78, 5) is 8.01. The predicted octanol–water partition coefficient (Wildman–Crippen LogP) is 3.89. The maximum atomic E-state index is 12.2. The summed E-state index contributed by atoms with van der Waals surface area (Å²) >= 11 is 3.20. The molecule has 0 aliphatic carbocycles. The van der Waals surface area contributed by atoms with Gasteiger partial charge in [-0.25, -0.2) is 4.98 Å². The Kier molecular flexibility index (Phi) is 4.51. The van der Waals surface area contributed by atoms with Crippen molar-refractivity contribution < 1.29 is 22.6 Å². The minimum Gasteiger partial charge on any atom is -0.480 e.